The molecular weight excluding hydrogens is 333 g/mol. The molecule has 0 spiro atoms. The van der Waals surface area contributed by atoms with Gasteiger partial charge in [-0.3, -0.25) is 9.59 Å². The van der Waals surface area contributed by atoms with Crippen LogP contribution in [0.2, 0.25) is 0 Å². The summed E-state index contributed by atoms with van der Waals surface area (Å²) in [6, 6.07) is 13.0. The summed E-state index contributed by atoms with van der Waals surface area (Å²) in [5.41, 5.74) is 7.17. The maximum Gasteiger partial charge on any atom is 0.251 e. The van der Waals surface area contributed by atoms with Crippen molar-refractivity contribution in [2.45, 2.75) is 26.3 Å². The summed E-state index contributed by atoms with van der Waals surface area (Å²) >= 11 is 0. The number of amides is 2. The summed E-state index contributed by atoms with van der Waals surface area (Å²) in [4.78, 5) is 23.9. The Balaban J connectivity index is 1.95. The average Bonchev–Trinajstić information content (AvgIpc) is 2.61. The lowest BCUT2D eigenvalue weighted by Gasteiger charge is -2.14. The number of carbonyl (C=O) groups excluding carboxylic acids is 2. The van der Waals surface area contributed by atoms with Crippen molar-refractivity contribution in [3.8, 4) is 0 Å². The minimum atomic E-state index is -0.651. The molecule has 6 heteroatoms. The predicted molar refractivity (Wildman–Crippen MR) is 100 cm³/mol. The predicted octanol–water partition coefficient (Wildman–Crippen LogP) is 3.24. The fourth-order valence-electron chi connectivity index (χ4n) is 2.45. The number of benzene rings is 2. The number of hydrogen-bond acceptors (Lipinski definition) is 3. The molecule has 1 unspecified atom stereocenters. The summed E-state index contributed by atoms with van der Waals surface area (Å²) in [6.45, 7) is 4.05. The van der Waals surface area contributed by atoms with Crippen LogP contribution in [0.15, 0.2) is 48.5 Å². The monoisotopic (exact) mass is 357 g/mol. The lowest BCUT2D eigenvalue weighted by molar-refractivity contribution is -0.116. The van der Waals surface area contributed by atoms with Crippen LogP contribution in [0.1, 0.15) is 42.2 Å². The molecule has 2 rings (SSSR count). The molecule has 2 aromatic rings. The molecule has 0 heterocycles. The molecular formula is C20H24FN3O2. The Hall–Kier alpha value is -2.73. The number of nitrogens with one attached hydrogen (secondary N) is 2. The van der Waals surface area contributed by atoms with E-state index >= 15 is 0 Å². The van der Waals surface area contributed by atoms with Crippen molar-refractivity contribution in [2.24, 2.45) is 11.7 Å². The van der Waals surface area contributed by atoms with Gasteiger partial charge in [0.25, 0.3) is 5.91 Å². The largest absolute Gasteiger partial charge is 0.350 e. The molecule has 2 amide bonds. The number of hydrogen-bond donors (Lipinski definition) is 3. The highest BCUT2D eigenvalue weighted by Crippen LogP contribution is 2.17. The zero-order chi connectivity index (χ0) is 19.1. The van der Waals surface area contributed by atoms with Crippen molar-refractivity contribution in [1.29, 1.82) is 0 Å². The Kier molecular flexibility index (Phi) is 6.86. The summed E-state index contributed by atoms with van der Waals surface area (Å²) in [5.74, 6) is -1.15. The van der Waals surface area contributed by atoms with E-state index in [-0.39, 0.29) is 35.7 Å². The molecule has 0 aliphatic rings. The second-order valence-corrected chi connectivity index (χ2v) is 6.57. The van der Waals surface area contributed by atoms with Crippen LogP contribution in [-0.2, 0) is 4.79 Å². The van der Waals surface area contributed by atoms with Crippen LogP contribution in [0.25, 0.3) is 0 Å². The molecule has 26 heavy (non-hydrogen) atoms. The van der Waals surface area contributed by atoms with Gasteiger partial charge in [0.15, 0.2) is 0 Å². The molecule has 0 radical (unpaired) electrons. The summed E-state index contributed by atoms with van der Waals surface area (Å²) < 4.78 is 14.2. The van der Waals surface area contributed by atoms with Crippen LogP contribution in [-0.4, -0.2) is 18.4 Å². The number of halogens is 1. The minimum Gasteiger partial charge on any atom is -0.350 e. The van der Waals surface area contributed by atoms with Gasteiger partial charge in [0.05, 0.1) is 5.69 Å². The number of carbonyl (C=O) groups is 2. The van der Waals surface area contributed by atoms with Gasteiger partial charge in [0.1, 0.15) is 5.82 Å². The highest BCUT2D eigenvalue weighted by atomic mass is 19.1. The molecule has 0 fully saturated rings. The van der Waals surface area contributed by atoms with Gasteiger partial charge in [0.2, 0.25) is 5.91 Å². The number of rotatable bonds is 7. The van der Waals surface area contributed by atoms with Crippen LogP contribution in [0.4, 0.5) is 10.1 Å². The number of nitrogens with two attached hydrogens (primary N) is 1. The Morgan fingerprint density at radius 2 is 1.81 bits per heavy atom. The fraction of sp³-hybridized carbons (Fsp3) is 0.300. The number of anilines is 1. The summed E-state index contributed by atoms with van der Waals surface area (Å²) in [5, 5.41) is 5.21. The molecule has 1 atom stereocenters. The topological polar surface area (TPSA) is 84.2 Å². The first kappa shape index (κ1) is 19.6. The van der Waals surface area contributed by atoms with Crippen molar-refractivity contribution in [3.05, 3.63) is 65.5 Å². The fourth-order valence-corrected chi connectivity index (χ4v) is 2.45. The third-order valence-corrected chi connectivity index (χ3v) is 3.81. The third kappa shape index (κ3) is 5.67. The van der Waals surface area contributed by atoms with Crippen molar-refractivity contribution in [3.63, 3.8) is 0 Å². The van der Waals surface area contributed by atoms with Crippen molar-refractivity contribution in [1.82, 2.24) is 5.32 Å². The van der Waals surface area contributed by atoms with Gasteiger partial charge < -0.3 is 16.4 Å². The van der Waals surface area contributed by atoms with Gasteiger partial charge in [-0.2, -0.15) is 0 Å². The Labute approximate surface area is 152 Å². The van der Waals surface area contributed by atoms with Crippen molar-refractivity contribution >= 4 is 17.5 Å². The van der Waals surface area contributed by atoms with Crippen LogP contribution in [0.3, 0.4) is 0 Å². The lowest BCUT2D eigenvalue weighted by atomic mass is 10.1. The summed E-state index contributed by atoms with van der Waals surface area (Å²) in [7, 11) is 0. The highest BCUT2D eigenvalue weighted by molar-refractivity contribution is 5.96. The van der Waals surface area contributed by atoms with Gasteiger partial charge in [-0.05, 0) is 29.7 Å². The Bertz CT molecular complexity index is 763. The van der Waals surface area contributed by atoms with E-state index in [4.69, 9.17) is 5.73 Å². The van der Waals surface area contributed by atoms with E-state index in [1.54, 1.807) is 0 Å². The molecule has 0 aromatic heterocycles. The maximum absolute atomic E-state index is 14.2. The second kappa shape index (κ2) is 9.10. The van der Waals surface area contributed by atoms with Crippen molar-refractivity contribution in [2.75, 3.05) is 11.9 Å². The van der Waals surface area contributed by atoms with E-state index in [0.29, 0.717) is 6.42 Å². The Morgan fingerprint density at radius 3 is 2.42 bits per heavy atom. The zero-order valence-electron chi connectivity index (χ0n) is 15.0. The van der Waals surface area contributed by atoms with E-state index in [1.807, 2.05) is 44.2 Å². The molecule has 0 bridgehead atoms. The van der Waals surface area contributed by atoms with E-state index in [0.717, 1.165) is 11.6 Å². The molecule has 138 valence electrons. The van der Waals surface area contributed by atoms with Gasteiger partial charge in [-0.25, -0.2) is 4.39 Å². The van der Waals surface area contributed by atoms with Crippen LogP contribution in [0.5, 0.6) is 0 Å². The van der Waals surface area contributed by atoms with E-state index in [9.17, 15) is 14.0 Å². The molecule has 2 aromatic carbocycles. The van der Waals surface area contributed by atoms with E-state index < -0.39 is 11.7 Å². The van der Waals surface area contributed by atoms with E-state index in [2.05, 4.69) is 10.6 Å². The quantitative estimate of drug-likeness (QED) is 0.711. The first-order valence-corrected chi connectivity index (χ1v) is 8.55. The molecule has 0 aliphatic carbocycles. The normalized spacial score (nSPS) is 11.9. The minimum absolute atomic E-state index is 0.0631. The molecule has 0 saturated heterocycles. The summed E-state index contributed by atoms with van der Waals surface area (Å²) in [6.07, 6.45) is 0.305. The van der Waals surface area contributed by atoms with Gasteiger partial charge in [-0.15, -0.1) is 0 Å². The standard InChI is InChI=1S/C20H24FN3O2/c1-13(2)10-19(25)24-18-9-8-15(11-16(18)21)20(26)23-12-17(22)14-6-4-3-5-7-14/h3-9,11,13,17H,10,12,22H2,1-2H3,(H,23,26)(H,24,25). The van der Waals surface area contributed by atoms with Gasteiger partial charge in [-0.1, -0.05) is 44.2 Å². The first-order chi connectivity index (χ1) is 12.4. The smallest absolute Gasteiger partial charge is 0.251 e. The van der Waals surface area contributed by atoms with Crippen LogP contribution < -0.4 is 16.4 Å². The van der Waals surface area contributed by atoms with Crippen molar-refractivity contribution < 1.29 is 14.0 Å². The zero-order valence-corrected chi connectivity index (χ0v) is 15.0. The van der Waals surface area contributed by atoms with Crippen LogP contribution in [0, 0.1) is 11.7 Å². The average molecular weight is 357 g/mol. The molecule has 4 N–H and O–H groups in total. The third-order valence-electron chi connectivity index (χ3n) is 3.81. The lowest BCUT2D eigenvalue weighted by Crippen LogP contribution is -2.32. The van der Waals surface area contributed by atoms with Gasteiger partial charge >= 0.3 is 0 Å². The Morgan fingerprint density at radius 1 is 1.12 bits per heavy atom. The molecule has 0 saturated carbocycles. The van der Waals surface area contributed by atoms with Gasteiger partial charge in [0, 0.05) is 24.6 Å². The van der Waals surface area contributed by atoms with Crippen LogP contribution >= 0.6 is 0 Å². The first-order valence-electron chi connectivity index (χ1n) is 8.55. The highest BCUT2D eigenvalue weighted by Gasteiger charge is 2.13. The molecule has 0 aliphatic heterocycles. The van der Waals surface area contributed by atoms with E-state index in [1.165, 1.54) is 12.1 Å². The second-order valence-electron chi connectivity index (χ2n) is 6.57. The SMILES string of the molecule is CC(C)CC(=O)Nc1ccc(C(=O)NCC(N)c2ccccc2)cc1F. The maximum atomic E-state index is 14.2. The molecule has 5 nitrogen and oxygen atoms in total.